The van der Waals surface area contributed by atoms with Crippen molar-refractivity contribution in [3.05, 3.63) is 0 Å². The van der Waals surface area contributed by atoms with Crippen molar-refractivity contribution < 1.29 is 5.21 Å². The fraction of sp³-hybridized carbons (Fsp3) is 0.947. The van der Waals surface area contributed by atoms with Gasteiger partial charge in [-0.2, -0.15) is 0 Å². The van der Waals surface area contributed by atoms with Gasteiger partial charge in [-0.15, -0.1) is 0 Å². The fourth-order valence-corrected chi connectivity index (χ4v) is 7.26. The maximum absolute atomic E-state index is 9.76. The Labute approximate surface area is 129 Å². The average molecular weight is 289 g/mol. The molecule has 0 radical (unpaired) electrons. The first-order valence-corrected chi connectivity index (χ1v) is 9.29. The molecule has 6 atom stereocenters. The van der Waals surface area contributed by atoms with Gasteiger partial charge in [0.05, 0.1) is 5.71 Å². The zero-order valence-corrected chi connectivity index (χ0v) is 13.8. The van der Waals surface area contributed by atoms with E-state index in [0.29, 0.717) is 16.7 Å². The standard InChI is InChI=1S/C19H31NO/c1-18-10-5-7-15(18)14-9-8-13-6-3-4-11-19(13,2)17(14)16(12-18)20-21/h13-15,17,21H,3-12H2,1-2H3/b20-16-/t13-,14+,15+,17-,18+,19+/m1/s1. The van der Waals surface area contributed by atoms with Crippen molar-refractivity contribution in [3.63, 3.8) is 0 Å². The van der Waals surface area contributed by atoms with Crippen molar-refractivity contribution >= 4 is 5.71 Å². The summed E-state index contributed by atoms with van der Waals surface area (Å²) in [7, 11) is 0. The van der Waals surface area contributed by atoms with Gasteiger partial charge >= 0.3 is 0 Å². The number of fused-ring (bicyclic) bond motifs is 5. The van der Waals surface area contributed by atoms with Gasteiger partial charge in [-0.25, -0.2) is 0 Å². The smallest absolute Gasteiger partial charge is 0.0615 e. The molecule has 4 fully saturated rings. The first-order chi connectivity index (χ1) is 10.1. The second-order valence-electron chi connectivity index (χ2n) is 9.09. The minimum Gasteiger partial charge on any atom is -0.411 e. The summed E-state index contributed by atoms with van der Waals surface area (Å²) in [6.45, 7) is 5.01. The zero-order chi connectivity index (χ0) is 14.7. The van der Waals surface area contributed by atoms with Crippen LogP contribution in [0.5, 0.6) is 0 Å². The van der Waals surface area contributed by atoms with E-state index in [4.69, 9.17) is 0 Å². The van der Waals surface area contributed by atoms with Crippen LogP contribution in [0, 0.1) is 34.5 Å². The van der Waals surface area contributed by atoms with E-state index in [-0.39, 0.29) is 0 Å². The highest BCUT2D eigenvalue weighted by Gasteiger charge is 2.59. The molecule has 0 saturated heterocycles. The average Bonchev–Trinajstić information content (AvgIpc) is 2.87. The van der Waals surface area contributed by atoms with E-state index in [1.807, 2.05) is 0 Å². The molecule has 4 aliphatic rings. The van der Waals surface area contributed by atoms with Gasteiger partial charge in [0.25, 0.3) is 0 Å². The molecule has 0 aliphatic heterocycles. The van der Waals surface area contributed by atoms with Crippen molar-refractivity contribution in [2.75, 3.05) is 0 Å². The molecular weight excluding hydrogens is 258 g/mol. The van der Waals surface area contributed by atoms with E-state index in [1.165, 1.54) is 63.5 Å². The third kappa shape index (κ3) is 1.86. The molecule has 0 unspecified atom stereocenters. The van der Waals surface area contributed by atoms with Gasteiger partial charge in [0.2, 0.25) is 0 Å². The lowest BCUT2D eigenvalue weighted by atomic mass is 9.45. The van der Waals surface area contributed by atoms with E-state index in [2.05, 4.69) is 19.0 Å². The molecule has 21 heavy (non-hydrogen) atoms. The highest BCUT2D eigenvalue weighted by molar-refractivity contribution is 5.89. The minimum absolute atomic E-state index is 0.423. The fourth-order valence-electron chi connectivity index (χ4n) is 7.26. The summed E-state index contributed by atoms with van der Waals surface area (Å²) in [5, 5.41) is 13.6. The van der Waals surface area contributed by atoms with Crippen molar-refractivity contribution in [2.45, 2.75) is 78.1 Å². The van der Waals surface area contributed by atoms with Crippen LogP contribution in [0.15, 0.2) is 5.16 Å². The molecule has 0 bridgehead atoms. The van der Waals surface area contributed by atoms with Gasteiger partial charge in [0, 0.05) is 5.92 Å². The molecule has 4 aliphatic carbocycles. The van der Waals surface area contributed by atoms with Gasteiger partial charge in [-0.3, -0.25) is 0 Å². The van der Waals surface area contributed by atoms with Crippen LogP contribution in [0.2, 0.25) is 0 Å². The molecule has 0 aromatic heterocycles. The minimum atomic E-state index is 0.423. The van der Waals surface area contributed by atoms with Crippen LogP contribution in [0.3, 0.4) is 0 Å². The van der Waals surface area contributed by atoms with Gasteiger partial charge in [-0.05, 0) is 73.5 Å². The normalized spacial score (nSPS) is 54.9. The van der Waals surface area contributed by atoms with E-state index >= 15 is 0 Å². The molecule has 0 amide bonds. The van der Waals surface area contributed by atoms with Crippen molar-refractivity contribution in [3.8, 4) is 0 Å². The molecule has 1 N–H and O–H groups in total. The van der Waals surface area contributed by atoms with Crippen molar-refractivity contribution in [1.29, 1.82) is 0 Å². The molecule has 118 valence electrons. The lowest BCUT2D eigenvalue weighted by molar-refractivity contribution is -0.0527. The molecular formula is C19H31NO. The molecule has 4 saturated carbocycles. The van der Waals surface area contributed by atoms with Crippen LogP contribution in [-0.4, -0.2) is 10.9 Å². The molecule has 2 heteroatoms. The lowest BCUT2D eigenvalue weighted by Gasteiger charge is -2.59. The van der Waals surface area contributed by atoms with Crippen LogP contribution in [0.4, 0.5) is 0 Å². The second-order valence-corrected chi connectivity index (χ2v) is 9.09. The first kappa shape index (κ1) is 14.1. The number of oxime groups is 1. The topological polar surface area (TPSA) is 32.6 Å². The molecule has 0 spiro atoms. The maximum Gasteiger partial charge on any atom is 0.0615 e. The van der Waals surface area contributed by atoms with Crippen LogP contribution in [0.1, 0.15) is 78.1 Å². The summed E-state index contributed by atoms with van der Waals surface area (Å²) >= 11 is 0. The number of hydrogen-bond donors (Lipinski definition) is 1. The molecule has 4 rings (SSSR count). The van der Waals surface area contributed by atoms with Crippen molar-refractivity contribution in [1.82, 2.24) is 0 Å². The summed E-state index contributed by atoms with van der Waals surface area (Å²) in [6, 6.07) is 0. The van der Waals surface area contributed by atoms with Crippen molar-refractivity contribution in [2.24, 2.45) is 39.7 Å². The highest BCUT2D eigenvalue weighted by atomic mass is 16.4. The Hall–Kier alpha value is -0.530. The van der Waals surface area contributed by atoms with Gasteiger partial charge in [0.15, 0.2) is 0 Å². The molecule has 2 nitrogen and oxygen atoms in total. The van der Waals surface area contributed by atoms with E-state index in [9.17, 15) is 5.21 Å². The number of hydrogen-bond acceptors (Lipinski definition) is 2. The zero-order valence-electron chi connectivity index (χ0n) is 13.8. The third-order valence-electron chi connectivity index (χ3n) is 8.19. The summed E-state index contributed by atoms with van der Waals surface area (Å²) in [5.74, 6) is 3.16. The molecule has 0 aromatic rings. The van der Waals surface area contributed by atoms with Gasteiger partial charge in [-0.1, -0.05) is 38.3 Å². The Morgan fingerprint density at radius 2 is 1.86 bits per heavy atom. The van der Waals surface area contributed by atoms with E-state index in [0.717, 1.165) is 24.2 Å². The Morgan fingerprint density at radius 1 is 1.00 bits per heavy atom. The highest BCUT2D eigenvalue weighted by Crippen LogP contribution is 2.65. The predicted octanol–water partition coefficient (Wildman–Crippen LogP) is 5.25. The van der Waals surface area contributed by atoms with Crippen LogP contribution in [0.25, 0.3) is 0 Å². The summed E-state index contributed by atoms with van der Waals surface area (Å²) < 4.78 is 0. The van der Waals surface area contributed by atoms with Crippen LogP contribution >= 0.6 is 0 Å². The van der Waals surface area contributed by atoms with Crippen LogP contribution in [-0.2, 0) is 0 Å². The second kappa shape index (κ2) is 4.73. The summed E-state index contributed by atoms with van der Waals surface area (Å²) in [5.41, 5.74) is 2.03. The van der Waals surface area contributed by atoms with Gasteiger partial charge < -0.3 is 5.21 Å². The summed E-state index contributed by atoms with van der Waals surface area (Å²) in [4.78, 5) is 0. The van der Waals surface area contributed by atoms with Gasteiger partial charge in [0.1, 0.15) is 0 Å². The Kier molecular flexibility index (Phi) is 3.17. The van der Waals surface area contributed by atoms with E-state index in [1.54, 1.807) is 0 Å². The Bertz CT molecular complexity index is 458. The first-order valence-electron chi connectivity index (χ1n) is 9.29. The predicted molar refractivity (Wildman–Crippen MR) is 85.6 cm³/mol. The number of rotatable bonds is 0. The Morgan fingerprint density at radius 3 is 2.67 bits per heavy atom. The number of nitrogens with zero attached hydrogens (tertiary/aromatic N) is 1. The largest absolute Gasteiger partial charge is 0.411 e. The Balaban J connectivity index is 1.75. The monoisotopic (exact) mass is 289 g/mol. The van der Waals surface area contributed by atoms with E-state index < -0.39 is 0 Å². The lowest BCUT2D eigenvalue weighted by Crippen LogP contribution is -2.55. The SMILES string of the molecule is C[C@@]12CCC[C@H]1[C@@H]1CC[C@H]3CCCC[C@]3(C)[C@H]1/C(=N\O)C2. The van der Waals surface area contributed by atoms with Crippen LogP contribution < -0.4 is 0 Å². The molecule has 0 aromatic carbocycles. The maximum atomic E-state index is 9.76. The quantitative estimate of drug-likeness (QED) is 0.479. The summed E-state index contributed by atoms with van der Waals surface area (Å²) in [6.07, 6.45) is 13.6. The molecule has 0 heterocycles. The third-order valence-corrected chi connectivity index (χ3v) is 8.19.